The quantitative estimate of drug-likeness (QED) is 0.721. The number of amides is 4. The van der Waals surface area contributed by atoms with Crippen molar-refractivity contribution in [2.75, 3.05) is 18.0 Å². The van der Waals surface area contributed by atoms with E-state index in [1.807, 2.05) is 11.8 Å². The second-order valence-electron chi connectivity index (χ2n) is 6.92. The van der Waals surface area contributed by atoms with Crippen molar-refractivity contribution in [2.45, 2.75) is 38.3 Å². The number of carbonyl (C=O) groups is 3. The van der Waals surface area contributed by atoms with Crippen LogP contribution in [0.3, 0.4) is 0 Å². The topological polar surface area (TPSA) is 95.7 Å². The zero-order valence-electron chi connectivity index (χ0n) is 15.1. The number of nitrogens with two attached hydrogens (primary N) is 1. The van der Waals surface area contributed by atoms with Crippen molar-refractivity contribution in [2.24, 2.45) is 11.7 Å². The summed E-state index contributed by atoms with van der Waals surface area (Å²) in [6, 6.07) is 5.47. The minimum absolute atomic E-state index is 0. The molecule has 2 fully saturated rings. The van der Waals surface area contributed by atoms with Crippen molar-refractivity contribution in [1.82, 2.24) is 10.2 Å². The van der Waals surface area contributed by atoms with Gasteiger partial charge in [-0.3, -0.25) is 9.59 Å². The molecule has 4 amide bonds. The largest absolute Gasteiger partial charge is 0.340 e. The Balaban J connectivity index is 0.00000261. The Morgan fingerprint density at radius 1 is 1.30 bits per heavy atom. The Morgan fingerprint density at radius 2 is 1.96 bits per heavy atom. The van der Waals surface area contributed by atoms with Crippen molar-refractivity contribution in [1.29, 1.82) is 0 Å². The minimum atomic E-state index is -0.689. The van der Waals surface area contributed by atoms with E-state index >= 15 is 0 Å². The van der Waals surface area contributed by atoms with E-state index in [1.54, 1.807) is 24.3 Å². The molecule has 2 aliphatic heterocycles. The highest BCUT2D eigenvalue weighted by atomic mass is 35.5. The maximum atomic E-state index is 12.6. The predicted molar refractivity (Wildman–Crippen MR) is 106 cm³/mol. The van der Waals surface area contributed by atoms with Crippen LogP contribution in [0.5, 0.6) is 0 Å². The number of carbonyl (C=O) groups excluding carboxylic acids is 3. The number of rotatable bonds is 5. The first-order valence-electron chi connectivity index (χ1n) is 8.80. The number of nitrogens with one attached hydrogen (secondary N) is 1. The van der Waals surface area contributed by atoms with E-state index in [0.29, 0.717) is 29.7 Å². The van der Waals surface area contributed by atoms with Crippen molar-refractivity contribution >= 4 is 47.5 Å². The van der Waals surface area contributed by atoms with E-state index in [9.17, 15) is 14.4 Å². The summed E-state index contributed by atoms with van der Waals surface area (Å²) in [7, 11) is 0. The van der Waals surface area contributed by atoms with E-state index in [-0.39, 0.29) is 43.1 Å². The van der Waals surface area contributed by atoms with Gasteiger partial charge in [-0.2, -0.15) is 0 Å². The number of nitrogens with zero attached hydrogens (tertiary/aromatic N) is 2. The Hall–Kier alpha value is -1.83. The van der Waals surface area contributed by atoms with E-state index in [0.717, 1.165) is 11.3 Å². The number of benzene rings is 1. The molecule has 3 atom stereocenters. The average Bonchev–Trinajstić information content (AvgIpc) is 3.13. The van der Waals surface area contributed by atoms with Crippen LogP contribution in [0.1, 0.15) is 26.2 Å². The van der Waals surface area contributed by atoms with Crippen LogP contribution in [0.25, 0.3) is 0 Å². The van der Waals surface area contributed by atoms with Gasteiger partial charge >= 0.3 is 6.03 Å². The van der Waals surface area contributed by atoms with Crippen LogP contribution in [0.2, 0.25) is 5.02 Å². The van der Waals surface area contributed by atoms with Gasteiger partial charge in [0.1, 0.15) is 6.04 Å². The van der Waals surface area contributed by atoms with Gasteiger partial charge in [-0.1, -0.05) is 11.6 Å². The molecule has 1 aromatic rings. The molecule has 148 valence electrons. The number of imide groups is 1. The van der Waals surface area contributed by atoms with Crippen molar-refractivity contribution in [3.63, 3.8) is 0 Å². The molecule has 0 bridgehead atoms. The molecule has 9 heteroatoms. The number of hydrogen-bond acceptors (Lipinski definition) is 4. The number of halogens is 2. The number of hydrogen-bond donors (Lipinski definition) is 2. The number of likely N-dealkylation sites (tertiary alicyclic amines) is 1. The maximum Gasteiger partial charge on any atom is 0.329 e. The highest BCUT2D eigenvalue weighted by Gasteiger charge is 2.39. The standard InChI is InChI=1S/C18H23ClN4O3.ClH/c1-11-8-12(9-20)10-22(11)16(24)7-6-15-17(25)23(18(26)21-15)14-4-2-13(19)3-5-14;/h2-5,11-12,15H,6-10,20H2,1H3,(H,21,26);1H. The molecule has 2 saturated heterocycles. The van der Waals surface area contributed by atoms with Gasteiger partial charge in [0.2, 0.25) is 5.91 Å². The first-order valence-corrected chi connectivity index (χ1v) is 9.18. The molecule has 0 spiro atoms. The fraction of sp³-hybridized carbons (Fsp3) is 0.500. The Morgan fingerprint density at radius 3 is 2.56 bits per heavy atom. The van der Waals surface area contributed by atoms with Crippen molar-refractivity contribution in [3.8, 4) is 0 Å². The molecule has 2 aliphatic rings. The average molecular weight is 415 g/mol. The molecule has 27 heavy (non-hydrogen) atoms. The predicted octanol–water partition coefficient (Wildman–Crippen LogP) is 2.16. The van der Waals surface area contributed by atoms with E-state index in [4.69, 9.17) is 17.3 Å². The van der Waals surface area contributed by atoms with Crippen LogP contribution in [-0.4, -0.2) is 47.9 Å². The summed E-state index contributed by atoms with van der Waals surface area (Å²) in [5.74, 6) is -0.0120. The van der Waals surface area contributed by atoms with Gasteiger partial charge in [0.05, 0.1) is 5.69 Å². The summed E-state index contributed by atoms with van der Waals surface area (Å²) in [5.41, 5.74) is 6.16. The van der Waals surface area contributed by atoms with Crippen LogP contribution in [0, 0.1) is 5.92 Å². The monoisotopic (exact) mass is 414 g/mol. The molecule has 2 heterocycles. The van der Waals surface area contributed by atoms with Crippen LogP contribution >= 0.6 is 24.0 Å². The normalized spacial score (nSPS) is 24.8. The highest BCUT2D eigenvalue weighted by Crippen LogP contribution is 2.25. The second-order valence-corrected chi connectivity index (χ2v) is 7.36. The van der Waals surface area contributed by atoms with Gasteiger partial charge < -0.3 is 16.0 Å². The third-order valence-corrected chi connectivity index (χ3v) is 5.32. The summed E-state index contributed by atoms with van der Waals surface area (Å²) < 4.78 is 0. The van der Waals surface area contributed by atoms with Crippen LogP contribution < -0.4 is 16.0 Å². The third-order valence-electron chi connectivity index (χ3n) is 5.07. The molecule has 0 radical (unpaired) electrons. The summed E-state index contributed by atoms with van der Waals surface area (Å²) in [5, 5.41) is 3.18. The lowest BCUT2D eigenvalue weighted by atomic mass is 10.1. The lowest BCUT2D eigenvalue weighted by molar-refractivity contribution is -0.132. The Kier molecular flexibility index (Phi) is 7.08. The zero-order chi connectivity index (χ0) is 18.8. The maximum absolute atomic E-state index is 12.6. The highest BCUT2D eigenvalue weighted by molar-refractivity contribution is 6.30. The van der Waals surface area contributed by atoms with E-state index in [1.165, 1.54) is 0 Å². The van der Waals surface area contributed by atoms with Crippen LogP contribution in [-0.2, 0) is 9.59 Å². The molecule has 1 aromatic carbocycles. The molecule has 0 aromatic heterocycles. The molecule has 3 unspecified atom stereocenters. The van der Waals surface area contributed by atoms with Gasteiger partial charge in [0, 0.05) is 24.0 Å². The molecule has 7 nitrogen and oxygen atoms in total. The van der Waals surface area contributed by atoms with Crippen molar-refractivity contribution in [3.05, 3.63) is 29.3 Å². The summed E-state index contributed by atoms with van der Waals surface area (Å²) in [6.45, 7) is 3.25. The summed E-state index contributed by atoms with van der Waals surface area (Å²) in [4.78, 5) is 40.1. The Bertz CT molecular complexity index is 713. The molecule has 3 rings (SSSR count). The molecular formula is C18H24Cl2N4O3. The number of urea groups is 1. The first-order chi connectivity index (χ1) is 12.4. The lowest BCUT2D eigenvalue weighted by Gasteiger charge is -2.22. The first kappa shape index (κ1) is 21.5. The molecule has 3 N–H and O–H groups in total. The third kappa shape index (κ3) is 4.54. The molecular weight excluding hydrogens is 391 g/mol. The smallest absolute Gasteiger partial charge is 0.329 e. The fourth-order valence-electron chi connectivity index (χ4n) is 3.63. The van der Waals surface area contributed by atoms with E-state index < -0.39 is 12.1 Å². The van der Waals surface area contributed by atoms with Gasteiger partial charge in [0.15, 0.2) is 0 Å². The summed E-state index contributed by atoms with van der Waals surface area (Å²) >= 11 is 5.85. The van der Waals surface area contributed by atoms with Gasteiger partial charge in [-0.05, 0) is 56.5 Å². The fourth-order valence-corrected chi connectivity index (χ4v) is 3.76. The summed E-state index contributed by atoms with van der Waals surface area (Å²) in [6.07, 6.45) is 1.41. The molecule has 0 saturated carbocycles. The lowest BCUT2D eigenvalue weighted by Crippen LogP contribution is -2.36. The SMILES string of the molecule is CC1CC(CN)CN1C(=O)CCC1NC(=O)N(c2ccc(Cl)cc2)C1=O.Cl. The molecule has 0 aliphatic carbocycles. The van der Waals surface area contributed by atoms with Crippen LogP contribution in [0.15, 0.2) is 24.3 Å². The van der Waals surface area contributed by atoms with Gasteiger partial charge in [-0.15, -0.1) is 12.4 Å². The van der Waals surface area contributed by atoms with E-state index in [2.05, 4.69) is 5.32 Å². The van der Waals surface area contributed by atoms with Crippen LogP contribution in [0.4, 0.5) is 10.5 Å². The second kappa shape index (κ2) is 8.91. The van der Waals surface area contributed by atoms with Crippen molar-refractivity contribution < 1.29 is 14.4 Å². The minimum Gasteiger partial charge on any atom is -0.340 e. The zero-order valence-corrected chi connectivity index (χ0v) is 16.6. The van der Waals surface area contributed by atoms with Gasteiger partial charge in [-0.25, -0.2) is 9.69 Å². The Labute approximate surface area is 169 Å². The number of anilines is 1. The van der Waals surface area contributed by atoms with Gasteiger partial charge in [0.25, 0.3) is 5.91 Å².